The molecule has 6 nitrogen and oxygen atoms in total. The number of anilines is 1. The number of benzene rings is 2. The minimum Gasteiger partial charge on any atom is -0.383 e. The third-order valence-electron chi connectivity index (χ3n) is 3.95. The third-order valence-corrected chi connectivity index (χ3v) is 3.95. The predicted octanol–water partition coefficient (Wildman–Crippen LogP) is 4.09. The molecule has 25 heavy (non-hydrogen) atoms. The van der Waals surface area contributed by atoms with Gasteiger partial charge in [0.2, 0.25) is 0 Å². The number of nitro groups is 1. The molecule has 1 heterocycles. The Hall–Kier alpha value is -3.72. The van der Waals surface area contributed by atoms with Crippen LogP contribution in [0.5, 0.6) is 0 Å². The Morgan fingerprint density at radius 1 is 1.12 bits per heavy atom. The van der Waals surface area contributed by atoms with E-state index in [1.165, 1.54) is 12.1 Å². The van der Waals surface area contributed by atoms with E-state index in [9.17, 15) is 15.4 Å². The van der Waals surface area contributed by atoms with Crippen molar-refractivity contribution >= 4 is 11.5 Å². The molecular weight excluding hydrogens is 316 g/mol. The first kappa shape index (κ1) is 16.1. The minimum atomic E-state index is -0.470. The fourth-order valence-electron chi connectivity index (χ4n) is 2.70. The number of rotatable bonds is 3. The van der Waals surface area contributed by atoms with Crippen LogP contribution in [-0.4, -0.2) is 9.91 Å². The van der Waals surface area contributed by atoms with Gasteiger partial charge in [0.05, 0.1) is 10.6 Å². The molecule has 2 aromatic carbocycles. The molecular formula is C19H14N4O2. The Balaban J connectivity index is 2.26. The fourth-order valence-corrected chi connectivity index (χ4v) is 2.70. The van der Waals surface area contributed by atoms with Crippen molar-refractivity contribution in [3.63, 3.8) is 0 Å². The molecule has 6 heteroatoms. The number of aromatic nitrogens is 1. The van der Waals surface area contributed by atoms with Gasteiger partial charge in [-0.2, -0.15) is 5.26 Å². The number of hydrogen-bond donors (Lipinski definition) is 1. The second-order valence-corrected chi connectivity index (χ2v) is 5.55. The monoisotopic (exact) mass is 330 g/mol. The Morgan fingerprint density at radius 3 is 2.56 bits per heavy atom. The zero-order valence-electron chi connectivity index (χ0n) is 13.4. The van der Waals surface area contributed by atoms with E-state index in [0.29, 0.717) is 16.8 Å². The zero-order chi connectivity index (χ0) is 18.0. The van der Waals surface area contributed by atoms with Crippen molar-refractivity contribution in [1.82, 2.24) is 4.98 Å². The van der Waals surface area contributed by atoms with E-state index in [1.54, 1.807) is 18.2 Å². The lowest BCUT2D eigenvalue weighted by molar-refractivity contribution is -0.384. The highest BCUT2D eigenvalue weighted by atomic mass is 16.6. The van der Waals surface area contributed by atoms with Crippen LogP contribution in [-0.2, 0) is 0 Å². The lowest BCUT2D eigenvalue weighted by Gasteiger charge is -2.11. The molecule has 3 aromatic rings. The molecule has 0 aliphatic heterocycles. The van der Waals surface area contributed by atoms with Gasteiger partial charge in [-0.05, 0) is 24.1 Å². The summed E-state index contributed by atoms with van der Waals surface area (Å²) in [6.07, 6.45) is 0. The maximum absolute atomic E-state index is 11.0. The standard InChI is InChI=1S/C19H14N4O2/c1-12-5-2-3-8-15(12)18-10-16(17(11-20)19(21)22-18)13-6-4-7-14(9-13)23(24)25/h2-10H,1H3,(H2,21,22). The molecule has 2 N–H and O–H groups in total. The number of nitrogens with two attached hydrogens (primary N) is 1. The maximum Gasteiger partial charge on any atom is 0.270 e. The van der Waals surface area contributed by atoms with Gasteiger partial charge in [0.1, 0.15) is 17.5 Å². The first-order valence-corrected chi connectivity index (χ1v) is 7.52. The van der Waals surface area contributed by atoms with Crippen LogP contribution in [0.15, 0.2) is 54.6 Å². The predicted molar refractivity (Wildman–Crippen MR) is 95.6 cm³/mol. The van der Waals surface area contributed by atoms with Crippen molar-refractivity contribution in [3.8, 4) is 28.5 Å². The van der Waals surface area contributed by atoms with Crippen LogP contribution in [0.2, 0.25) is 0 Å². The van der Waals surface area contributed by atoms with Gasteiger partial charge in [-0.15, -0.1) is 0 Å². The molecule has 0 aliphatic carbocycles. The number of hydrogen-bond acceptors (Lipinski definition) is 5. The second-order valence-electron chi connectivity index (χ2n) is 5.55. The van der Waals surface area contributed by atoms with Crippen LogP contribution in [0.3, 0.4) is 0 Å². The van der Waals surface area contributed by atoms with Crippen molar-refractivity contribution in [2.24, 2.45) is 0 Å². The molecule has 1 aromatic heterocycles. The SMILES string of the molecule is Cc1ccccc1-c1cc(-c2cccc([N+](=O)[O-])c2)c(C#N)c(N)n1. The van der Waals surface area contributed by atoms with Gasteiger partial charge in [-0.1, -0.05) is 36.4 Å². The molecule has 0 spiro atoms. The van der Waals surface area contributed by atoms with E-state index in [0.717, 1.165) is 11.1 Å². The highest BCUT2D eigenvalue weighted by Crippen LogP contribution is 2.33. The van der Waals surface area contributed by atoms with Gasteiger partial charge in [-0.3, -0.25) is 10.1 Å². The quantitative estimate of drug-likeness (QED) is 0.575. The van der Waals surface area contributed by atoms with E-state index < -0.39 is 4.92 Å². The minimum absolute atomic E-state index is 0.0470. The van der Waals surface area contributed by atoms with Gasteiger partial charge in [0.25, 0.3) is 5.69 Å². The van der Waals surface area contributed by atoms with E-state index in [2.05, 4.69) is 4.98 Å². The second kappa shape index (κ2) is 6.42. The van der Waals surface area contributed by atoms with E-state index in [4.69, 9.17) is 5.73 Å². The molecule has 0 aliphatic rings. The highest BCUT2D eigenvalue weighted by Gasteiger charge is 2.16. The van der Waals surface area contributed by atoms with E-state index >= 15 is 0 Å². The van der Waals surface area contributed by atoms with Crippen molar-refractivity contribution in [3.05, 3.63) is 75.8 Å². The number of pyridine rings is 1. The van der Waals surface area contributed by atoms with Gasteiger partial charge in [0.15, 0.2) is 0 Å². The van der Waals surface area contributed by atoms with E-state index in [1.807, 2.05) is 37.3 Å². The number of nitrogen functional groups attached to an aromatic ring is 1. The first-order valence-electron chi connectivity index (χ1n) is 7.52. The van der Waals surface area contributed by atoms with Crippen molar-refractivity contribution < 1.29 is 4.92 Å². The summed E-state index contributed by atoms with van der Waals surface area (Å²) in [6, 6.07) is 17.6. The summed E-state index contributed by atoms with van der Waals surface area (Å²) >= 11 is 0. The molecule has 0 saturated heterocycles. The van der Waals surface area contributed by atoms with Gasteiger partial charge in [-0.25, -0.2) is 4.98 Å². The Kier molecular flexibility index (Phi) is 4.14. The Labute approximate surface area is 144 Å². The fraction of sp³-hybridized carbons (Fsp3) is 0.0526. The summed E-state index contributed by atoms with van der Waals surface area (Å²) in [5.41, 5.74) is 9.76. The largest absolute Gasteiger partial charge is 0.383 e. The van der Waals surface area contributed by atoms with Gasteiger partial charge < -0.3 is 5.73 Å². The summed E-state index contributed by atoms with van der Waals surface area (Å²) in [7, 11) is 0. The number of non-ortho nitro benzene ring substituents is 1. The van der Waals surface area contributed by atoms with Crippen LogP contribution in [0.4, 0.5) is 11.5 Å². The van der Waals surface area contributed by atoms with Crippen molar-refractivity contribution in [2.45, 2.75) is 6.92 Å². The van der Waals surface area contributed by atoms with Gasteiger partial charge in [0, 0.05) is 23.3 Å². The molecule has 3 rings (SSSR count). The van der Waals surface area contributed by atoms with Gasteiger partial charge >= 0.3 is 0 Å². The molecule has 0 saturated carbocycles. The summed E-state index contributed by atoms with van der Waals surface area (Å²) in [6.45, 7) is 1.96. The molecule has 0 atom stereocenters. The van der Waals surface area contributed by atoms with Crippen LogP contribution >= 0.6 is 0 Å². The van der Waals surface area contributed by atoms with E-state index in [-0.39, 0.29) is 17.1 Å². The molecule has 0 amide bonds. The smallest absolute Gasteiger partial charge is 0.270 e. The lowest BCUT2D eigenvalue weighted by atomic mass is 9.97. The van der Waals surface area contributed by atoms with Crippen molar-refractivity contribution in [2.75, 3.05) is 5.73 Å². The zero-order valence-corrected chi connectivity index (χ0v) is 13.4. The average Bonchev–Trinajstić information content (AvgIpc) is 2.61. The molecule has 0 unspecified atom stereocenters. The van der Waals surface area contributed by atoms with Crippen LogP contribution in [0.25, 0.3) is 22.4 Å². The number of aryl methyl sites for hydroxylation is 1. The maximum atomic E-state index is 11.0. The Morgan fingerprint density at radius 2 is 1.88 bits per heavy atom. The molecule has 0 fully saturated rings. The summed E-state index contributed by atoms with van der Waals surface area (Å²) in [5, 5.41) is 20.5. The third kappa shape index (κ3) is 3.03. The first-order chi connectivity index (χ1) is 12.0. The van der Waals surface area contributed by atoms with Crippen LogP contribution in [0, 0.1) is 28.4 Å². The topological polar surface area (TPSA) is 106 Å². The van der Waals surface area contributed by atoms with Crippen LogP contribution < -0.4 is 5.73 Å². The molecule has 0 radical (unpaired) electrons. The number of nitriles is 1. The van der Waals surface area contributed by atoms with Crippen LogP contribution in [0.1, 0.15) is 11.1 Å². The summed E-state index contributed by atoms with van der Waals surface area (Å²) < 4.78 is 0. The molecule has 0 bridgehead atoms. The highest BCUT2D eigenvalue weighted by molar-refractivity contribution is 5.81. The normalized spacial score (nSPS) is 10.2. The average molecular weight is 330 g/mol. The Bertz CT molecular complexity index is 1020. The number of nitrogens with zero attached hydrogens (tertiary/aromatic N) is 3. The summed E-state index contributed by atoms with van der Waals surface area (Å²) in [5.74, 6) is 0.102. The lowest BCUT2D eigenvalue weighted by Crippen LogP contribution is -2.00. The number of nitro benzene ring substituents is 1. The summed E-state index contributed by atoms with van der Waals surface area (Å²) in [4.78, 5) is 14.9. The van der Waals surface area contributed by atoms with Crippen molar-refractivity contribution in [1.29, 1.82) is 5.26 Å². The molecule has 122 valence electrons.